The van der Waals surface area contributed by atoms with Gasteiger partial charge < -0.3 is 0 Å². The Morgan fingerprint density at radius 1 is 0.875 bits per heavy atom. The highest BCUT2D eigenvalue weighted by atomic mass is 31.1. The van der Waals surface area contributed by atoms with Gasteiger partial charge in [-0.1, -0.05) is 59.9 Å². The fraction of sp³-hybridized carbons (Fsp3) is 0.733. The highest BCUT2D eigenvalue weighted by molar-refractivity contribution is 7.60. The SMILES string of the molecule is CC(C)C1CCC(C(C)C)P1C1C=CC=C1. The highest BCUT2D eigenvalue weighted by Gasteiger charge is 2.41. The molecule has 1 aliphatic carbocycles. The number of allylic oxidation sites excluding steroid dienone is 4. The van der Waals surface area contributed by atoms with Gasteiger partial charge in [0.1, 0.15) is 0 Å². The maximum absolute atomic E-state index is 2.45. The Morgan fingerprint density at radius 2 is 1.31 bits per heavy atom. The first kappa shape index (κ1) is 12.4. The van der Waals surface area contributed by atoms with Crippen LogP contribution in [0.5, 0.6) is 0 Å². The molecule has 2 aliphatic rings. The number of rotatable bonds is 3. The van der Waals surface area contributed by atoms with Crippen molar-refractivity contribution in [1.29, 1.82) is 0 Å². The van der Waals surface area contributed by atoms with E-state index < -0.39 is 0 Å². The van der Waals surface area contributed by atoms with Gasteiger partial charge in [0, 0.05) is 5.66 Å². The zero-order valence-corrected chi connectivity index (χ0v) is 12.0. The molecule has 1 saturated heterocycles. The van der Waals surface area contributed by atoms with E-state index >= 15 is 0 Å². The van der Waals surface area contributed by atoms with E-state index in [1.54, 1.807) is 0 Å². The van der Waals surface area contributed by atoms with Crippen LogP contribution in [0.25, 0.3) is 0 Å². The molecule has 0 radical (unpaired) electrons. The first-order valence-corrected chi connectivity index (χ1v) is 8.28. The van der Waals surface area contributed by atoms with Gasteiger partial charge in [0.2, 0.25) is 0 Å². The molecule has 1 heteroatoms. The molecule has 0 aromatic carbocycles. The lowest BCUT2D eigenvalue weighted by atomic mass is 10.0. The Labute approximate surface area is 102 Å². The zero-order valence-electron chi connectivity index (χ0n) is 11.1. The second-order valence-electron chi connectivity index (χ2n) is 5.91. The summed E-state index contributed by atoms with van der Waals surface area (Å²) in [5.41, 5.74) is 2.79. The number of hydrogen-bond acceptors (Lipinski definition) is 0. The van der Waals surface area contributed by atoms with Crippen LogP contribution in [-0.2, 0) is 0 Å². The zero-order chi connectivity index (χ0) is 11.7. The van der Waals surface area contributed by atoms with Gasteiger partial charge >= 0.3 is 0 Å². The molecule has 2 rings (SSSR count). The summed E-state index contributed by atoms with van der Waals surface area (Å²) in [6, 6.07) is 0. The van der Waals surface area contributed by atoms with Gasteiger partial charge in [-0.15, -0.1) is 0 Å². The summed E-state index contributed by atoms with van der Waals surface area (Å²) in [5.74, 6) is 1.74. The van der Waals surface area contributed by atoms with Crippen molar-refractivity contribution in [3.8, 4) is 0 Å². The van der Waals surface area contributed by atoms with Crippen LogP contribution in [0.4, 0.5) is 0 Å². The summed E-state index contributed by atoms with van der Waals surface area (Å²) in [6.45, 7) is 9.69. The molecule has 1 aliphatic heterocycles. The van der Waals surface area contributed by atoms with Crippen LogP contribution < -0.4 is 0 Å². The van der Waals surface area contributed by atoms with E-state index in [-0.39, 0.29) is 7.92 Å². The summed E-state index contributed by atoms with van der Waals surface area (Å²) in [6.07, 6.45) is 12.3. The molecule has 0 saturated carbocycles. The molecule has 16 heavy (non-hydrogen) atoms. The second-order valence-corrected chi connectivity index (χ2v) is 8.72. The maximum atomic E-state index is 2.45. The summed E-state index contributed by atoms with van der Waals surface area (Å²) in [5, 5.41) is 0. The van der Waals surface area contributed by atoms with Crippen molar-refractivity contribution in [1.82, 2.24) is 0 Å². The van der Waals surface area contributed by atoms with Crippen LogP contribution in [-0.4, -0.2) is 17.0 Å². The Morgan fingerprint density at radius 3 is 1.69 bits per heavy atom. The molecule has 2 unspecified atom stereocenters. The minimum atomic E-state index is 0.174. The Hall–Kier alpha value is -0.0900. The average Bonchev–Trinajstić information content (AvgIpc) is 2.85. The Balaban J connectivity index is 2.18. The van der Waals surface area contributed by atoms with E-state index in [2.05, 4.69) is 52.0 Å². The van der Waals surface area contributed by atoms with Crippen molar-refractivity contribution in [2.75, 3.05) is 0 Å². The predicted molar refractivity (Wildman–Crippen MR) is 75.5 cm³/mol. The van der Waals surface area contributed by atoms with Gasteiger partial charge in [-0.2, -0.15) is 0 Å². The molecular weight excluding hydrogens is 211 g/mol. The summed E-state index contributed by atoms with van der Waals surface area (Å²) in [4.78, 5) is 0. The van der Waals surface area contributed by atoms with Crippen molar-refractivity contribution in [2.45, 2.75) is 57.5 Å². The second kappa shape index (κ2) is 5.05. The van der Waals surface area contributed by atoms with Gasteiger partial charge in [-0.25, -0.2) is 0 Å². The third kappa shape index (κ3) is 2.28. The molecule has 0 bridgehead atoms. The minimum Gasteiger partial charge on any atom is -0.0888 e. The van der Waals surface area contributed by atoms with E-state index in [1.165, 1.54) is 12.8 Å². The van der Waals surface area contributed by atoms with E-state index in [4.69, 9.17) is 0 Å². The summed E-state index contributed by atoms with van der Waals surface area (Å²) in [7, 11) is 0.174. The molecule has 0 nitrogen and oxygen atoms in total. The third-order valence-corrected chi connectivity index (χ3v) is 8.41. The third-order valence-electron chi connectivity index (χ3n) is 4.14. The van der Waals surface area contributed by atoms with E-state index in [0.29, 0.717) is 0 Å². The molecule has 0 N–H and O–H groups in total. The molecular formula is C15H25P. The van der Waals surface area contributed by atoms with Crippen LogP contribution in [0.2, 0.25) is 0 Å². The van der Waals surface area contributed by atoms with Gasteiger partial charge in [-0.05, 0) is 36.0 Å². The molecule has 90 valence electrons. The summed E-state index contributed by atoms with van der Waals surface area (Å²) < 4.78 is 0. The molecule has 2 atom stereocenters. The van der Waals surface area contributed by atoms with Crippen LogP contribution >= 0.6 is 7.92 Å². The minimum absolute atomic E-state index is 0.174. The highest BCUT2D eigenvalue weighted by Crippen LogP contribution is 2.64. The lowest BCUT2D eigenvalue weighted by molar-refractivity contribution is 0.543. The van der Waals surface area contributed by atoms with Crippen LogP contribution in [0, 0.1) is 11.8 Å². The van der Waals surface area contributed by atoms with Crippen molar-refractivity contribution in [2.24, 2.45) is 11.8 Å². The van der Waals surface area contributed by atoms with E-state index in [1.807, 2.05) is 0 Å². The van der Waals surface area contributed by atoms with Crippen LogP contribution in [0.3, 0.4) is 0 Å². The van der Waals surface area contributed by atoms with Crippen molar-refractivity contribution >= 4 is 7.92 Å². The van der Waals surface area contributed by atoms with Gasteiger partial charge in [0.15, 0.2) is 0 Å². The normalized spacial score (nSPS) is 34.8. The molecule has 1 heterocycles. The standard InChI is InChI=1S/C15H25P/c1-11(2)14-9-10-15(12(3)4)16(14)13-7-5-6-8-13/h5-8,11-15H,9-10H2,1-4H3. The monoisotopic (exact) mass is 236 g/mol. The van der Waals surface area contributed by atoms with Crippen LogP contribution in [0.15, 0.2) is 24.3 Å². The lowest BCUT2D eigenvalue weighted by Crippen LogP contribution is -2.19. The molecule has 0 aromatic rings. The van der Waals surface area contributed by atoms with E-state index in [0.717, 1.165) is 28.8 Å². The fourth-order valence-corrected chi connectivity index (χ4v) is 7.55. The quantitative estimate of drug-likeness (QED) is 0.617. The smallest absolute Gasteiger partial charge is 0.0161 e. The molecule has 1 fully saturated rings. The first-order valence-electron chi connectivity index (χ1n) is 6.73. The largest absolute Gasteiger partial charge is 0.0888 e. The lowest BCUT2D eigenvalue weighted by Gasteiger charge is -2.33. The van der Waals surface area contributed by atoms with Crippen molar-refractivity contribution in [3.63, 3.8) is 0 Å². The van der Waals surface area contributed by atoms with E-state index in [9.17, 15) is 0 Å². The first-order chi connectivity index (χ1) is 7.61. The van der Waals surface area contributed by atoms with Crippen molar-refractivity contribution in [3.05, 3.63) is 24.3 Å². The molecule has 0 amide bonds. The van der Waals surface area contributed by atoms with Crippen LogP contribution in [0.1, 0.15) is 40.5 Å². The Kier molecular flexibility index (Phi) is 3.90. The fourth-order valence-electron chi connectivity index (χ4n) is 3.30. The Bertz CT molecular complexity index is 260. The topological polar surface area (TPSA) is 0 Å². The van der Waals surface area contributed by atoms with Gasteiger partial charge in [0.05, 0.1) is 0 Å². The maximum Gasteiger partial charge on any atom is 0.0161 e. The molecule has 0 aromatic heterocycles. The van der Waals surface area contributed by atoms with Gasteiger partial charge in [0.25, 0.3) is 0 Å². The predicted octanol–water partition coefficient (Wildman–Crippen LogP) is 4.81. The number of hydrogen-bond donors (Lipinski definition) is 0. The average molecular weight is 236 g/mol. The van der Waals surface area contributed by atoms with Gasteiger partial charge in [-0.3, -0.25) is 0 Å². The summed E-state index contributed by atoms with van der Waals surface area (Å²) >= 11 is 0. The molecule has 0 spiro atoms. The van der Waals surface area contributed by atoms with Crippen molar-refractivity contribution < 1.29 is 0 Å².